The highest BCUT2D eigenvalue weighted by Gasteiger charge is 2.15. The van der Waals surface area contributed by atoms with E-state index in [9.17, 15) is 9.70 Å². The van der Waals surface area contributed by atoms with Crippen LogP contribution in [0.3, 0.4) is 0 Å². The number of nitrogens with two attached hydrogens (primary N) is 1. The van der Waals surface area contributed by atoms with Crippen LogP contribution in [0.4, 0.5) is 0 Å². The van der Waals surface area contributed by atoms with Gasteiger partial charge in [0.25, 0.3) is 5.91 Å². The lowest BCUT2D eigenvalue weighted by atomic mass is 10.3. The van der Waals surface area contributed by atoms with Crippen LogP contribution in [0.25, 0.3) is 0 Å². The first-order chi connectivity index (χ1) is 9.15. The molecule has 6 heteroatoms. The predicted molar refractivity (Wildman–Crippen MR) is 84.7 cm³/mol. The van der Waals surface area contributed by atoms with Crippen molar-refractivity contribution in [2.24, 2.45) is 15.9 Å². The minimum atomic E-state index is -0.00926. The van der Waals surface area contributed by atoms with Crippen LogP contribution < -0.4 is 5.73 Å². The van der Waals surface area contributed by atoms with Crippen LogP contribution >= 0.6 is 11.8 Å². The van der Waals surface area contributed by atoms with Crippen LogP contribution in [-0.2, 0) is 4.79 Å². The highest BCUT2D eigenvalue weighted by Crippen LogP contribution is 2.19. The van der Waals surface area contributed by atoms with E-state index in [4.69, 9.17) is 0 Å². The Hall–Kier alpha value is -0.750. The molecule has 0 spiro atoms. The van der Waals surface area contributed by atoms with E-state index in [0.29, 0.717) is 0 Å². The van der Waals surface area contributed by atoms with Crippen molar-refractivity contribution in [3.05, 3.63) is 4.91 Å². The molecule has 19 heavy (non-hydrogen) atoms. The number of hydrogen-bond donors (Lipinski definition) is 1. The lowest BCUT2D eigenvalue weighted by Gasteiger charge is -1.89. The van der Waals surface area contributed by atoms with Gasteiger partial charge in [0.05, 0.1) is 16.8 Å². The van der Waals surface area contributed by atoms with Crippen LogP contribution in [0.1, 0.15) is 52.9 Å². The number of aliphatic imine (C=N–C) groups is 1. The van der Waals surface area contributed by atoms with Crippen molar-refractivity contribution in [2.75, 3.05) is 7.05 Å². The van der Waals surface area contributed by atoms with Gasteiger partial charge in [0.15, 0.2) is 0 Å². The van der Waals surface area contributed by atoms with E-state index in [1.54, 1.807) is 5.55 Å². The number of rotatable bonds is 1. The maximum Gasteiger partial charge on any atom is 0.259 e. The standard InChI is InChI=1S/C5H9NO.C4H5NOS.C3H8.CH5N/c7-6-5-3-1-2-4-5;1-3-4(6)5-2-7-3;1-3-2;1-2/h5H,1-4H2;2-3H,1H3;3H2,1-2H3;2H2,1H3. The topological polar surface area (TPSA) is 84.9 Å². The Labute approximate surface area is 120 Å². The molecular weight excluding hydrogens is 262 g/mol. The van der Waals surface area contributed by atoms with Crippen molar-refractivity contribution in [1.82, 2.24) is 0 Å². The molecule has 1 fully saturated rings. The fourth-order valence-electron chi connectivity index (χ4n) is 1.35. The Morgan fingerprint density at radius 1 is 1.37 bits per heavy atom. The third-order valence-electron chi connectivity index (χ3n) is 2.27. The van der Waals surface area contributed by atoms with E-state index in [2.05, 4.69) is 29.8 Å². The second-order valence-corrected chi connectivity index (χ2v) is 5.29. The van der Waals surface area contributed by atoms with E-state index in [-0.39, 0.29) is 17.2 Å². The monoisotopic (exact) mass is 289 g/mol. The zero-order valence-corrected chi connectivity index (χ0v) is 13.3. The molecule has 2 rings (SSSR count). The first-order valence-electron chi connectivity index (χ1n) is 6.77. The number of nitroso groups, excluding NO2 is 1. The maximum atomic E-state index is 10.4. The fraction of sp³-hybridized carbons (Fsp3) is 0.846. The number of nitrogens with zero attached hydrogens (tertiary/aromatic N) is 2. The highest BCUT2D eigenvalue weighted by molar-refractivity contribution is 8.13. The molecule has 0 aromatic rings. The number of hydrogen-bond acceptors (Lipinski definition) is 5. The molecule has 1 heterocycles. The summed E-state index contributed by atoms with van der Waals surface area (Å²) in [6.45, 7) is 6.10. The molecule has 5 nitrogen and oxygen atoms in total. The van der Waals surface area contributed by atoms with Crippen LogP contribution in [0.2, 0.25) is 0 Å². The van der Waals surface area contributed by atoms with Gasteiger partial charge in [0.1, 0.15) is 0 Å². The summed E-state index contributed by atoms with van der Waals surface area (Å²) in [4.78, 5) is 23.6. The second-order valence-electron chi connectivity index (χ2n) is 4.10. The second kappa shape index (κ2) is 15.3. The molecule has 1 aliphatic heterocycles. The molecule has 0 aromatic heterocycles. The maximum absolute atomic E-state index is 10.4. The molecule has 0 saturated heterocycles. The summed E-state index contributed by atoms with van der Waals surface area (Å²) in [6.07, 6.45) is 5.72. The molecule has 2 aliphatic rings. The van der Waals surface area contributed by atoms with Crippen LogP contribution in [-0.4, -0.2) is 29.8 Å². The zero-order chi connectivity index (χ0) is 15.1. The Morgan fingerprint density at radius 3 is 2.00 bits per heavy atom. The van der Waals surface area contributed by atoms with Crippen LogP contribution in [0.5, 0.6) is 0 Å². The molecule has 1 amide bonds. The number of amides is 1. The third-order valence-corrected chi connectivity index (χ3v) is 3.10. The van der Waals surface area contributed by atoms with Crippen molar-refractivity contribution in [3.8, 4) is 0 Å². The van der Waals surface area contributed by atoms with E-state index in [0.717, 1.165) is 12.8 Å². The number of thioether (sulfide) groups is 1. The molecule has 1 aliphatic carbocycles. The van der Waals surface area contributed by atoms with Gasteiger partial charge in [-0.15, -0.1) is 11.8 Å². The van der Waals surface area contributed by atoms with E-state index < -0.39 is 0 Å². The summed E-state index contributed by atoms with van der Waals surface area (Å²) >= 11 is 1.46. The summed E-state index contributed by atoms with van der Waals surface area (Å²) in [6, 6.07) is 0.167. The van der Waals surface area contributed by atoms with Gasteiger partial charge >= 0.3 is 0 Å². The molecule has 1 atom stereocenters. The van der Waals surface area contributed by atoms with E-state index >= 15 is 0 Å². The Balaban J connectivity index is 0. The van der Waals surface area contributed by atoms with Crippen LogP contribution in [0, 0.1) is 4.91 Å². The van der Waals surface area contributed by atoms with Gasteiger partial charge in [0, 0.05) is 0 Å². The van der Waals surface area contributed by atoms with Gasteiger partial charge in [-0.25, -0.2) is 4.99 Å². The summed E-state index contributed by atoms with van der Waals surface area (Å²) in [5, 5.41) is 3.01. The molecule has 2 N–H and O–H groups in total. The largest absolute Gasteiger partial charge is 0.333 e. The first kappa shape index (κ1) is 20.6. The van der Waals surface area contributed by atoms with Gasteiger partial charge in [-0.2, -0.15) is 4.91 Å². The van der Waals surface area contributed by atoms with E-state index in [1.165, 1.54) is 38.1 Å². The smallest absolute Gasteiger partial charge is 0.259 e. The van der Waals surface area contributed by atoms with Gasteiger partial charge < -0.3 is 5.73 Å². The Bertz CT molecular complexity index is 254. The molecule has 0 bridgehead atoms. The average Bonchev–Trinajstić information content (AvgIpc) is 3.07. The number of carbonyl (C=O) groups is 1. The molecule has 1 saturated carbocycles. The van der Waals surface area contributed by atoms with Crippen molar-refractivity contribution >= 4 is 23.2 Å². The molecule has 0 aromatic carbocycles. The Morgan fingerprint density at radius 2 is 1.84 bits per heavy atom. The van der Waals surface area contributed by atoms with E-state index in [1.807, 2.05) is 6.92 Å². The van der Waals surface area contributed by atoms with Crippen molar-refractivity contribution in [1.29, 1.82) is 0 Å². The summed E-state index contributed by atoms with van der Waals surface area (Å²) in [5.74, 6) is -0.00926. The quantitative estimate of drug-likeness (QED) is 0.750. The first-order valence-corrected chi connectivity index (χ1v) is 7.72. The predicted octanol–water partition coefficient (Wildman–Crippen LogP) is 3.36. The molecule has 0 radical (unpaired) electrons. The lowest BCUT2D eigenvalue weighted by molar-refractivity contribution is -0.116. The van der Waals surface area contributed by atoms with Crippen molar-refractivity contribution in [3.63, 3.8) is 0 Å². The molecule has 1 unspecified atom stereocenters. The molecular formula is C13H27N3O2S. The van der Waals surface area contributed by atoms with Crippen molar-refractivity contribution in [2.45, 2.75) is 64.2 Å². The SMILES string of the molecule is CC1SC=NC1=O.CCC.CN.O=NC1CCCC1. The number of carbonyl (C=O) groups excluding carboxylic acids is 1. The van der Waals surface area contributed by atoms with Crippen LogP contribution in [0.15, 0.2) is 10.2 Å². The van der Waals surface area contributed by atoms with Crippen molar-refractivity contribution < 1.29 is 4.79 Å². The fourth-order valence-corrected chi connectivity index (χ4v) is 1.87. The highest BCUT2D eigenvalue weighted by atomic mass is 32.2. The summed E-state index contributed by atoms with van der Waals surface area (Å²) in [7, 11) is 1.50. The zero-order valence-electron chi connectivity index (χ0n) is 12.5. The van der Waals surface area contributed by atoms with Gasteiger partial charge in [-0.1, -0.05) is 38.3 Å². The third kappa shape index (κ3) is 12.0. The average molecular weight is 289 g/mol. The van der Waals surface area contributed by atoms with Gasteiger partial charge in [0.2, 0.25) is 0 Å². The summed E-state index contributed by atoms with van der Waals surface area (Å²) < 4.78 is 0. The summed E-state index contributed by atoms with van der Waals surface area (Å²) in [5.41, 5.74) is 6.09. The molecule has 112 valence electrons. The van der Waals surface area contributed by atoms with Gasteiger partial charge in [-0.05, 0) is 26.8 Å². The lowest BCUT2D eigenvalue weighted by Crippen LogP contribution is -2.02. The minimum absolute atomic E-state index is 0.00926. The Kier molecular flexibility index (Phi) is 16.6. The minimum Gasteiger partial charge on any atom is -0.333 e. The van der Waals surface area contributed by atoms with Gasteiger partial charge in [-0.3, -0.25) is 4.79 Å². The normalized spacial score (nSPS) is 20.5.